The predicted molar refractivity (Wildman–Crippen MR) is 108 cm³/mol. The van der Waals surface area contributed by atoms with E-state index in [0.717, 1.165) is 32.9 Å². The number of methoxy groups -OCH3 is 1. The van der Waals surface area contributed by atoms with Crippen LogP contribution < -0.4 is 10.1 Å². The van der Waals surface area contributed by atoms with Crippen LogP contribution in [0.1, 0.15) is 12.5 Å². The number of hydrogen-bond acceptors (Lipinski definition) is 5. The molecule has 0 aliphatic carbocycles. The zero-order valence-electron chi connectivity index (χ0n) is 15.9. The first-order chi connectivity index (χ1) is 13.1. The maximum absolute atomic E-state index is 9.53. The van der Waals surface area contributed by atoms with Crippen molar-refractivity contribution in [3.05, 3.63) is 54.1 Å². The lowest BCUT2D eigenvalue weighted by atomic mass is 9.98. The van der Waals surface area contributed by atoms with Gasteiger partial charge in [0.1, 0.15) is 12.4 Å². The highest BCUT2D eigenvalue weighted by molar-refractivity contribution is 6.02. The molecule has 5 heteroatoms. The number of nitrogens with one attached hydrogen (secondary N) is 1. The van der Waals surface area contributed by atoms with E-state index < -0.39 is 5.54 Å². The molecule has 0 spiro atoms. The molecule has 0 bridgehead atoms. The molecule has 0 saturated heterocycles. The fraction of sp³-hybridized carbons (Fsp3) is 0.364. The van der Waals surface area contributed by atoms with Crippen molar-refractivity contribution in [2.75, 3.05) is 33.5 Å². The molecule has 3 rings (SSSR count). The lowest BCUT2D eigenvalue weighted by molar-refractivity contribution is 0.103. The Kier molecular flexibility index (Phi) is 6.29. The van der Waals surface area contributed by atoms with Gasteiger partial charge in [-0.2, -0.15) is 0 Å². The van der Waals surface area contributed by atoms with Gasteiger partial charge in [0.05, 0.1) is 25.4 Å². The Morgan fingerprint density at radius 3 is 2.22 bits per heavy atom. The van der Waals surface area contributed by atoms with Crippen molar-refractivity contribution >= 4 is 21.5 Å². The van der Waals surface area contributed by atoms with Crippen molar-refractivity contribution < 1.29 is 19.7 Å². The van der Waals surface area contributed by atoms with E-state index in [9.17, 15) is 10.2 Å². The number of fused-ring (bicyclic) bond motifs is 2. The molecule has 0 heterocycles. The first-order valence-corrected chi connectivity index (χ1v) is 9.13. The van der Waals surface area contributed by atoms with E-state index in [1.807, 2.05) is 24.3 Å². The van der Waals surface area contributed by atoms with Gasteiger partial charge in [-0.3, -0.25) is 0 Å². The molecule has 144 valence electrons. The highest BCUT2D eigenvalue weighted by Gasteiger charge is 2.21. The third kappa shape index (κ3) is 4.39. The Morgan fingerprint density at radius 2 is 1.59 bits per heavy atom. The standard InChI is InChI=1S/C22H27NO4/c1-22(14-24,15-25)23-13-18-7-8-21(27-10-9-26-2)20-12-17-6-4-3-5-16(17)11-19(18)20/h3-8,11-12,23-25H,9-10,13-15H2,1-2H3. The van der Waals surface area contributed by atoms with E-state index in [0.29, 0.717) is 19.8 Å². The fourth-order valence-electron chi connectivity index (χ4n) is 3.05. The van der Waals surface area contributed by atoms with Gasteiger partial charge in [-0.1, -0.05) is 30.3 Å². The van der Waals surface area contributed by atoms with Crippen LogP contribution in [0.5, 0.6) is 5.75 Å². The molecule has 0 aromatic heterocycles. The van der Waals surface area contributed by atoms with E-state index in [4.69, 9.17) is 9.47 Å². The van der Waals surface area contributed by atoms with Gasteiger partial charge in [-0.15, -0.1) is 0 Å². The summed E-state index contributed by atoms with van der Waals surface area (Å²) in [5.74, 6) is 0.823. The number of ether oxygens (including phenoxy) is 2. The SMILES string of the molecule is COCCOc1ccc(CNC(C)(CO)CO)c2cc3ccccc3cc12. The molecule has 0 fully saturated rings. The maximum Gasteiger partial charge on any atom is 0.127 e. The molecule has 0 aliphatic heterocycles. The van der Waals surface area contributed by atoms with Gasteiger partial charge in [0.25, 0.3) is 0 Å². The van der Waals surface area contributed by atoms with Crippen molar-refractivity contribution in [2.45, 2.75) is 19.0 Å². The van der Waals surface area contributed by atoms with Gasteiger partial charge >= 0.3 is 0 Å². The molecule has 0 unspecified atom stereocenters. The van der Waals surface area contributed by atoms with Crippen LogP contribution >= 0.6 is 0 Å². The van der Waals surface area contributed by atoms with E-state index in [2.05, 4.69) is 29.6 Å². The molecule has 0 amide bonds. The lowest BCUT2D eigenvalue weighted by Gasteiger charge is -2.27. The van der Waals surface area contributed by atoms with Crippen LogP contribution in [0.25, 0.3) is 21.5 Å². The van der Waals surface area contributed by atoms with Gasteiger partial charge in [0, 0.05) is 19.0 Å². The van der Waals surface area contributed by atoms with Gasteiger partial charge in [0.15, 0.2) is 0 Å². The highest BCUT2D eigenvalue weighted by atomic mass is 16.5. The Hall–Kier alpha value is -2.18. The summed E-state index contributed by atoms with van der Waals surface area (Å²) in [4.78, 5) is 0. The monoisotopic (exact) mass is 369 g/mol. The van der Waals surface area contributed by atoms with Crippen LogP contribution in [0, 0.1) is 0 Å². The molecule has 0 aliphatic rings. The number of rotatable bonds is 9. The summed E-state index contributed by atoms with van der Waals surface area (Å²) in [6.45, 7) is 3.08. The van der Waals surface area contributed by atoms with E-state index >= 15 is 0 Å². The summed E-state index contributed by atoms with van der Waals surface area (Å²) in [5.41, 5.74) is 0.361. The normalized spacial score (nSPS) is 12.0. The Bertz CT molecular complexity index is 905. The number of benzene rings is 3. The predicted octanol–water partition coefficient (Wildman–Crippen LogP) is 2.85. The number of aliphatic hydroxyl groups is 2. The molecule has 3 aromatic carbocycles. The molecule has 0 saturated carbocycles. The zero-order valence-corrected chi connectivity index (χ0v) is 15.9. The topological polar surface area (TPSA) is 71.0 Å². The minimum Gasteiger partial charge on any atom is -0.491 e. The van der Waals surface area contributed by atoms with Gasteiger partial charge in [-0.25, -0.2) is 0 Å². The number of hydrogen-bond donors (Lipinski definition) is 3. The second-order valence-electron chi connectivity index (χ2n) is 7.04. The molecular formula is C22H27NO4. The highest BCUT2D eigenvalue weighted by Crippen LogP contribution is 2.33. The van der Waals surface area contributed by atoms with Crippen LogP contribution in [0.15, 0.2) is 48.5 Å². The average Bonchev–Trinajstić information content (AvgIpc) is 2.71. The summed E-state index contributed by atoms with van der Waals surface area (Å²) in [6, 6.07) is 16.6. The quantitative estimate of drug-likeness (QED) is 0.400. The third-order valence-corrected chi connectivity index (χ3v) is 4.88. The van der Waals surface area contributed by atoms with Crippen molar-refractivity contribution in [1.29, 1.82) is 0 Å². The van der Waals surface area contributed by atoms with Crippen molar-refractivity contribution in [1.82, 2.24) is 5.32 Å². The molecular weight excluding hydrogens is 342 g/mol. The van der Waals surface area contributed by atoms with Crippen LogP contribution in [0.4, 0.5) is 0 Å². The summed E-state index contributed by atoms with van der Waals surface area (Å²) in [7, 11) is 1.66. The van der Waals surface area contributed by atoms with Crippen molar-refractivity contribution in [2.24, 2.45) is 0 Å². The van der Waals surface area contributed by atoms with Crippen LogP contribution in [0.3, 0.4) is 0 Å². The third-order valence-electron chi connectivity index (χ3n) is 4.88. The second kappa shape index (κ2) is 8.67. The minimum absolute atomic E-state index is 0.136. The largest absolute Gasteiger partial charge is 0.491 e. The van der Waals surface area contributed by atoms with Crippen LogP contribution in [-0.2, 0) is 11.3 Å². The summed E-state index contributed by atoms with van der Waals surface area (Å²) in [5, 5.41) is 26.8. The molecule has 5 nitrogen and oxygen atoms in total. The van der Waals surface area contributed by atoms with Crippen LogP contribution in [0.2, 0.25) is 0 Å². The molecule has 3 aromatic rings. The van der Waals surface area contributed by atoms with Gasteiger partial charge in [-0.05, 0) is 46.8 Å². The lowest BCUT2D eigenvalue weighted by Crippen LogP contribution is -2.48. The first kappa shape index (κ1) is 19.6. The van der Waals surface area contributed by atoms with Crippen LogP contribution in [-0.4, -0.2) is 49.3 Å². The Labute approximate surface area is 159 Å². The molecule has 0 radical (unpaired) electrons. The Morgan fingerprint density at radius 1 is 0.926 bits per heavy atom. The minimum atomic E-state index is -0.725. The maximum atomic E-state index is 9.53. The molecule has 0 atom stereocenters. The average molecular weight is 369 g/mol. The van der Waals surface area contributed by atoms with Gasteiger partial charge in [0.2, 0.25) is 0 Å². The van der Waals surface area contributed by atoms with Crippen molar-refractivity contribution in [3.63, 3.8) is 0 Å². The first-order valence-electron chi connectivity index (χ1n) is 9.13. The molecule has 27 heavy (non-hydrogen) atoms. The summed E-state index contributed by atoms with van der Waals surface area (Å²) >= 11 is 0. The van der Waals surface area contributed by atoms with Gasteiger partial charge < -0.3 is 25.0 Å². The van der Waals surface area contributed by atoms with E-state index in [-0.39, 0.29) is 13.2 Å². The van der Waals surface area contributed by atoms with E-state index in [1.165, 1.54) is 0 Å². The summed E-state index contributed by atoms with van der Waals surface area (Å²) in [6.07, 6.45) is 0. The Balaban J connectivity index is 2.03. The van der Waals surface area contributed by atoms with E-state index in [1.54, 1.807) is 14.0 Å². The fourth-order valence-corrected chi connectivity index (χ4v) is 3.05. The zero-order chi connectivity index (χ0) is 19.3. The summed E-state index contributed by atoms with van der Waals surface area (Å²) < 4.78 is 11.0. The molecule has 3 N–H and O–H groups in total. The second-order valence-corrected chi connectivity index (χ2v) is 7.04. The number of aliphatic hydroxyl groups excluding tert-OH is 2. The smallest absolute Gasteiger partial charge is 0.127 e. The van der Waals surface area contributed by atoms with Crippen molar-refractivity contribution in [3.8, 4) is 5.75 Å².